The van der Waals surface area contributed by atoms with Gasteiger partial charge in [0.05, 0.1) is 0 Å². The first-order valence-electron chi connectivity index (χ1n) is 7.32. The Kier molecular flexibility index (Phi) is 4.21. The number of rotatable bonds is 3. The summed E-state index contributed by atoms with van der Waals surface area (Å²) < 4.78 is 0. The Hall–Kier alpha value is -1.71. The average Bonchev–Trinajstić information content (AvgIpc) is 2.45. The van der Waals surface area contributed by atoms with Gasteiger partial charge in [0.15, 0.2) is 0 Å². The van der Waals surface area contributed by atoms with Gasteiger partial charge < -0.3 is 15.1 Å². The highest BCUT2D eigenvalue weighted by atomic mass is 16.3. The first kappa shape index (κ1) is 14.7. The van der Waals surface area contributed by atoms with Crippen molar-refractivity contribution in [2.45, 2.75) is 39.5 Å². The van der Waals surface area contributed by atoms with Crippen LogP contribution in [0, 0.1) is 5.41 Å². The standard InChI is InChI=1S/C16H23NO3/c1-3-16(4-2)5-7-17(8-6-16)15(20)12-9-13(18)11-14(19)10-12/h9-11,18-19H,3-8H2,1-2H3. The van der Waals surface area contributed by atoms with Gasteiger partial charge in [-0.15, -0.1) is 0 Å². The number of hydrogen-bond donors (Lipinski definition) is 2. The van der Waals surface area contributed by atoms with Gasteiger partial charge in [-0.2, -0.15) is 0 Å². The van der Waals surface area contributed by atoms with Crippen LogP contribution in [0.5, 0.6) is 11.5 Å². The van der Waals surface area contributed by atoms with Gasteiger partial charge in [0, 0.05) is 24.7 Å². The van der Waals surface area contributed by atoms with E-state index in [1.165, 1.54) is 18.2 Å². The van der Waals surface area contributed by atoms with E-state index in [0.717, 1.165) is 38.8 Å². The summed E-state index contributed by atoms with van der Waals surface area (Å²) in [5.41, 5.74) is 0.723. The molecule has 110 valence electrons. The predicted molar refractivity (Wildman–Crippen MR) is 77.9 cm³/mol. The SMILES string of the molecule is CCC1(CC)CCN(C(=O)c2cc(O)cc(O)c2)CC1. The molecular weight excluding hydrogens is 254 g/mol. The Morgan fingerprint density at radius 2 is 1.60 bits per heavy atom. The second-order valence-corrected chi connectivity index (χ2v) is 5.74. The first-order valence-corrected chi connectivity index (χ1v) is 7.32. The number of amides is 1. The van der Waals surface area contributed by atoms with Gasteiger partial charge in [-0.25, -0.2) is 0 Å². The fourth-order valence-electron chi connectivity index (χ4n) is 3.04. The van der Waals surface area contributed by atoms with Crippen molar-refractivity contribution in [1.29, 1.82) is 0 Å². The van der Waals surface area contributed by atoms with E-state index in [4.69, 9.17) is 0 Å². The third kappa shape index (κ3) is 2.89. The van der Waals surface area contributed by atoms with Crippen LogP contribution < -0.4 is 0 Å². The number of phenolic OH excluding ortho intramolecular Hbond substituents is 2. The molecule has 0 aromatic heterocycles. The molecule has 1 aromatic carbocycles. The van der Waals surface area contributed by atoms with Gasteiger partial charge in [-0.3, -0.25) is 4.79 Å². The fourth-order valence-corrected chi connectivity index (χ4v) is 3.04. The molecule has 1 heterocycles. The number of piperidine rings is 1. The zero-order valence-electron chi connectivity index (χ0n) is 12.2. The number of hydrogen-bond acceptors (Lipinski definition) is 3. The van der Waals surface area contributed by atoms with Gasteiger partial charge in [0.1, 0.15) is 11.5 Å². The Balaban J connectivity index is 2.08. The van der Waals surface area contributed by atoms with Crippen molar-refractivity contribution < 1.29 is 15.0 Å². The summed E-state index contributed by atoms with van der Waals surface area (Å²) in [6, 6.07) is 4.04. The van der Waals surface area contributed by atoms with E-state index in [0.29, 0.717) is 11.0 Å². The Labute approximate surface area is 120 Å². The van der Waals surface area contributed by atoms with Crippen molar-refractivity contribution in [3.05, 3.63) is 23.8 Å². The molecule has 0 bridgehead atoms. The van der Waals surface area contributed by atoms with E-state index < -0.39 is 0 Å². The van der Waals surface area contributed by atoms with E-state index in [1.54, 1.807) is 0 Å². The Morgan fingerprint density at radius 3 is 2.05 bits per heavy atom. The molecule has 1 aliphatic rings. The van der Waals surface area contributed by atoms with Gasteiger partial charge in [-0.05, 0) is 30.4 Å². The highest BCUT2D eigenvalue weighted by Crippen LogP contribution is 2.38. The van der Waals surface area contributed by atoms with Gasteiger partial charge in [-0.1, -0.05) is 26.7 Å². The highest BCUT2D eigenvalue weighted by Gasteiger charge is 2.33. The average molecular weight is 277 g/mol. The molecule has 2 N–H and O–H groups in total. The van der Waals surface area contributed by atoms with Crippen LogP contribution in [0.1, 0.15) is 49.9 Å². The molecule has 2 rings (SSSR count). The lowest BCUT2D eigenvalue weighted by molar-refractivity contribution is 0.0557. The van der Waals surface area contributed by atoms with Crippen molar-refractivity contribution >= 4 is 5.91 Å². The molecule has 0 radical (unpaired) electrons. The summed E-state index contributed by atoms with van der Waals surface area (Å²) in [7, 11) is 0. The zero-order valence-corrected chi connectivity index (χ0v) is 12.2. The molecule has 4 nitrogen and oxygen atoms in total. The molecule has 1 amide bonds. The van der Waals surface area contributed by atoms with Crippen LogP contribution in [0.2, 0.25) is 0 Å². The van der Waals surface area contributed by atoms with E-state index >= 15 is 0 Å². The smallest absolute Gasteiger partial charge is 0.254 e. The molecule has 0 saturated carbocycles. The molecule has 1 aliphatic heterocycles. The summed E-state index contributed by atoms with van der Waals surface area (Å²) in [6.45, 7) is 5.93. The summed E-state index contributed by atoms with van der Waals surface area (Å²) in [6.07, 6.45) is 4.35. The normalized spacial score (nSPS) is 18.0. The van der Waals surface area contributed by atoms with Crippen LogP contribution >= 0.6 is 0 Å². The van der Waals surface area contributed by atoms with Gasteiger partial charge >= 0.3 is 0 Å². The van der Waals surface area contributed by atoms with Gasteiger partial charge in [0.2, 0.25) is 0 Å². The van der Waals surface area contributed by atoms with Crippen molar-refractivity contribution in [2.75, 3.05) is 13.1 Å². The van der Waals surface area contributed by atoms with E-state index in [1.807, 2.05) is 4.90 Å². The molecule has 1 fully saturated rings. The molecule has 0 spiro atoms. The molecule has 0 unspecified atom stereocenters. The summed E-state index contributed by atoms with van der Waals surface area (Å²) >= 11 is 0. The molecule has 0 aliphatic carbocycles. The molecular formula is C16H23NO3. The first-order chi connectivity index (χ1) is 9.49. The number of carbonyl (C=O) groups is 1. The maximum absolute atomic E-state index is 12.4. The number of benzene rings is 1. The molecule has 0 atom stereocenters. The van der Waals surface area contributed by atoms with Gasteiger partial charge in [0.25, 0.3) is 5.91 Å². The van der Waals surface area contributed by atoms with Crippen LogP contribution in [0.3, 0.4) is 0 Å². The van der Waals surface area contributed by atoms with Crippen molar-refractivity contribution in [3.8, 4) is 11.5 Å². The number of aromatic hydroxyl groups is 2. The highest BCUT2D eigenvalue weighted by molar-refractivity contribution is 5.95. The molecule has 20 heavy (non-hydrogen) atoms. The van der Waals surface area contributed by atoms with E-state index in [2.05, 4.69) is 13.8 Å². The largest absolute Gasteiger partial charge is 0.508 e. The lowest BCUT2D eigenvalue weighted by Crippen LogP contribution is -2.42. The Morgan fingerprint density at radius 1 is 1.10 bits per heavy atom. The number of nitrogens with zero attached hydrogens (tertiary/aromatic N) is 1. The van der Waals surface area contributed by atoms with Crippen LogP contribution in [0.15, 0.2) is 18.2 Å². The van der Waals surface area contributed by atoms with Crippen LogP contribution in [0.4, 0.5) is 0 Å². The minimum absolute atomic E-state index is 0.0816. The van der Waals surface area contributed by atoms with Crippen LogP contribution in [-0.4, -0.2) is 34.1 Å². The minimum Gasteiger partial charge on any atom is -0.508 e. The third-order valence-electron chi connectivity index (χ3n) is 4.76. The monoisotopic (exact) mass is 277 g/mol. The molecule has 1 saturated heterocycles. The van der Waals surface area contributed by atoms with Crippen molar-refractivity contribution in [3.63, 3.8) is 0 Å². The lowest BCUT2D eigenvalue weighted by atomic mass is 9.74. The molecule has 4 heteroatoms. The number of carbonyl (C=O) groups excluding carboxylic acids is 1. The summed E-state index contributed by atoms with van der Waals surface area (Å²) in [5, 5.41) is 18.9. The summed E-state index contributed by atoms with van der Waals surface area (Å²) in [4.78, 5) is 14.2. The van der Waals surface area contributed by atoms with Crippen LogP contribution in [-0.2, 0) is 0 Å². The molecule has 1 aromatic rings. The maximum atomic E-state index is 12.4. The number of likely N-dealkylation sites (tertiary alicyclic amines) is 1. The topological polar surface area (TPSA) is 60.8 Å². The second kappa shape index (κ2) is 5.73. The summed E-state index contributed by atoms with van der Waals surface area (Å²) in [5.74, 6) is -0.277. The lowest BCUT2D eigenvalue weighted by Gasteiger charge is -2.41. The zero-order chi connectivity index (χ0) is 14.8. The quantitative estimate of drug-likeness (QED) is 0.892. The number of phenols is 2. The predicted octanol–water partition coefficient (Wildman–Crippen LogP) is 3.14. The third-order valence-corrected chi connectivity index (χ3v) is 4.76. The van der Waals surface area contributed by atoms with E-state index in [-0.39, 0.29) is 17.4 Å². The van der Waals surface area contributed by atoms with E-state index in [9.17, 15) is 15.0 Å². The van der Waals surface area contributed by atoms with Crippen molar-refractivity contribution in [1.82, 2.24) is 4.90 Å². The fraction of sp³-hybridized carbons (Fsp3) is 0.562. The van der Waals surface area contributed by atoms with Crippen LogP contribution in [0.25, 0.3) is 0 Å². The second-order valence-electron chi connectivity index (χ2n) is 5.74. The Bertz CT molecular complexity index is 464. The maximum Gasteiger partial charge on any atom is 0.254 e. The van der Waals surface area contributed by atoms with Crippen molar-refractivity contribution in [2.24, 2.45) is 5.41 Å². The minimum atomic E-state index is -0.114.